The standard InChI is InChI=1S/C18H15N3O5S/c22-9-8-20-17(23)11-15(18(20)24)19-14-10-13(6-7-16(14)21(25)26)27-12-4-2-1-3-5-12/h1-7,10-11,19,22H,8-9H2. The Morgan fingerprint density at radius 2 is 1.85 bits per heavy atom. The molecule has 0 aromatic heterocycles. The number of benzene rings is 2. The predicted octanol–water partition coefficient (Wildman–Crippen LogP) is 2.40. The second kappa shape index (κ2) is 8.02. The van der Waals surface area contributed by atoms with Crippen LogP contribution in [0.25, 0.3) is 0 Å². The van der Waals surface area contributed by atoms with E-state index in [1.165, 1.54) is 17.8 Å². The van der Waals surface area contributed by atoms with Crippen LogP contribution in [0.4, 0.5) is 11.4 Å². The van der Waals surface area contributed by atoms with Crippen molar-refractivity contribution in [2.24, 2.45) is 0 Å². The zero-order valence-corrected chi connectivity index (χ0v) is 14.8. The van der Waals surface area contributed by atoms with Gasteiger partial charge < -0.3 is 10.4 Å². The van der Waals surface area contributed by atoms with Gasteiger partial charge >= 0.3 is 0 Å². The first kappa shape index (κ1) is 18.6. The monoisotopic (exact) mass is 385 g/mol. The first-order valence-corrected chi connectivity index (χ1v) is 8.78. The van der Waals surface area contributed by atoms with E-state index in [1.807, 2.05) is 30.3 Å². The Morgan fingerprint density at radius 3 is 2.52 bits per heavy atom. The van der Waals surface area contributed by atoms with E-state index in [0.29, 0.717) is 0 Å². The van der Waals surface area contributed by atoms with Gasteiger partial charge in [0.2, 0.25) is 0 Å². The number of nitrogens with zero attached hydrogens (tertiary/aromatic N) is 2. The van der Waals surface area contributed by atoms with Crippen molar-refractivity contribution in [1.82, 2.24) is 4.90 Å². The molecule has 0 atom stereocenters. The van der Waals surface area contributed by atoms with Gasteiger partial charge in [0.15, 0.2) is 0 Å². The van der Waals surface area contributed by atoms with E-state index >= 15 is 0 Å². The van der Waals surface area contributed by atoms with Crippen LogP contribution >= 0.6 is 11.8 Å². The van der Waals surface area contributed by atoms with Crippen molar-refractivity contribution < 1.29 is 19.6 Å². The summed E-state index contributed by atoms with van der Waals surface area (Å²) in [5.41, 5.74) is -0.174. The normalized spacial score (nSPS) is 13.7. The van der Waals surface area contributed by atoms with Gasteiger partial charge in [-0.25, -0.2) is 0 Å². The largest absolute Gasteiger partial charge is 0.395 e. The number of nitro groups is 1. The molecule has 0 saturated heterocycles. The fourth-order valence-electron chi connectivity index (χ4n) is 2.52. The van der Waals surface area contributed by atoms with E-state index in [1.54, 1.807) is 12.1 Å². The summed E-state index contributed by atoms with van der Waals surface area (Å²) in [6.07, 6.45) is 1.07. The van der Waals surface area contributed by atoms with Crippen LogP contribution in [-0.4, -0.2) is 39.9 Å². The molecule has 0 aliphatic carbocycles. The summed E-state index contributed by atoms with van der Waals surface area (Å²) in [7, 11) is 0. The summed E-state index contributed by atoms with van der Waals surface area (Å²) in [5.74, 6) is -1.21. The van der Waals surface area contributed by atoms with Gasteiger partial charge in [0.1, 0.15) is 11.4 Å². The maximum atomic E-state index is 12.3. The number of rotatable bonds is 7. The molecular formula is C18H15N3O5S. The van der Waals surface area contributed by atoms with Crippen molar-refractivity contribution in [3.63, 3.8) is 0 Å². The minimum atomic E-state index is -0.635. The topological polar surface area (TPSA) is 113 Å². The molecule has 3 rings (SSSR count). The molecule has 2 N–H and O–H groups in total. The number of nitro benzene ring substituents is 1. The van der Waals surface area contributed by atoms with Crippen molar-refractivity contribution in [2.45, 2.75) is 9.79 Å². The Labute approximate surface area is 158 Å². The number of anilines is 1. The molecule has 0 spiro atoms. The molecule has 27 heavy (non-hydrogen) atoms. The SMILES string of the molecule is O=C1C=C(Nc2cc(Sc3ccccc3)ccc2[N+](=O)[O-])C(=O)N1CCO. The van der Waals surface area contributed by atoms with Crippen LogP contribution in [0, 0.1) is 10.1 Å². The van der Waals surface area contributed by atoms with Gasteiger partial charge in [0, 0.05) is 21.9 Å². The third kappa shape index (κ3) is 4.15. The summed E-state index contributed by atoms with van der Waals surface area (Å²) in [4.78, 5) is 37.4. The quantitative estimate of drug-likeness (QED) is 0.427. The average molecular weight is 385 g/mol. The van der Waals surface area contributed by atoms with E-state index in [0.717, 1.165) is 20.8 Å². The second-order valence-corrected chi connectivity index (χ2v) is 6.70. The van der Waals surface area contributed by atoms with Crippen molar-refractivity contribution in [3.8, 4) is 0 Å². The summed E-state index contributed by atoms with van der Waals surface area (Å²) in [5, 5.41) is 23.0. The molecule has 1 aliphatic heterocycles. The maximum Gasteiger partial charge on any atom is 0.292 e. The zero-order chi connectivity index (χ0) is 19.4. The molecule has 2 aromatic carbocycles. The lowest BCUT2D eigenvalue weighted by Crippen LogP contribution is -2.34. The van der Waals surface area contributed by atoms with Crippen LogP contribution in [0.1, 0.15) is 0 Å². The van der Waals surface area contributed by atoms with E-state index in [9.17, 15) is 19.7 Å². The summed E-state index contributed by atoms with van der Waals surface area (Å²) < 4.78 is 0. The van der Waals surface area contributed by atoms with Crippen LogP contribution in [0.15, 0.2) is 70.1 Å². The van der Waals surface area contributed by atoms with Crippen LogP contribution in [-0.2, 0) is 9.59 Å². The first-order valence-electron chi connectivity index (χ1n) is 7.96. The fourth-order valence-corrected chi connectivity index (χ4v) is 3.40. The van der Waals surface area contributed by atoms with E-state index in [-0.39, 0.29) is 30.2 Å². The van der Waals surface area contributed by atoms with Crippen LogP contribution in [0.2, 0.25) is 0 Å². The van der Waals surface area contributed by atoms with Crippen LogP contribution in [0.5, 0.6) is 0 Å². The number of hydrogen-bond donors (Lipinski definition) is 2. The molecule has 0 radical (unpaired) electrons. The van der Waals surface area contributed by atoms with Gasteiger partial charge in [0.05, 0.1) is 18.1 Å². The Bertz CT molecular complexity index is 930. The lowest BCUT2D eigenvalue weighted by Gasteiger charge is -2.14. The molecule has 0 unspecified atom stereocenters. The Balaban J connectivity index is 1.88. The summed E-state index contributed by atoms with van der Waals surface area (Å²) in [6, 6.07) is 14.0. The summed E-state index contributed by atoms with van der Waals surface area (Å²) >= 11 is 1.41. The minimum Gasteiger partial charge on any atom is -0.395 e. The Morgan fingerprint density at radius 1 is 1.11 bits per heavy atom. The van der Waals surface area contributed by atoms with Gasteiger partial charge in [0.25, 0.3) is 17.5 Å². The Hall–Kier alpha value is -3.17. The number of aliphatic hydroxyl groups excluding tert-OH is 1. The third-order valence-corrected chi connectivity index (χ3v) is 4.74. The number of nitrogens with one attached hydrogen (secondary N) is 1. The van der Waals surface area contributed by atoms with Crippen molar-refractivity contribution in [3.05, 3.63) is 70.4 Å². The molecule has 0 fully saturated rings. The number of aliphatic hydroxyl groups is 1. The summed E-state index contributed by atoms with van der Waals surface area (Å²) in [6.45, 7) is -0.493. The third-order valence-electron chi connectivity index (χ3n) is 3.75. The highest BCUT2D eigenvalue weighted by Crippen LogP contribution is 2.34. The number of carbonyl (C=O) groups excluding carboxylic acids is 2. The Kier molecular flexibility index (Phi) is 5.53. The highest BCUT2D eigenvalue weighted by atomic mass is 32.2. The van der Waals surface area contributed by atoms with Crippen molar-refractivity contribution in [1.29, 1.82) is 0 Å². The highest BCUT2D eigenvalue weighted by Gasteiger charge is 2.31. The molecule has 9 heteroatoms. The molecule has 0 bridgehead atoms. The van der Waals surface area contributed by atoms with Gasteiger partial charge in [-0.3, -0.25) is 24.6 Å². The minimum absolute atomic E-state index is 0.0709. The molecular weight excluding hydrogens is 370 g/mol. The lowest BCUT2D eigenvalue weighted by atomic mass is 10.2. The van der Waals surface area contributed by atoms with Crippen LogP contribution in [0.3, 0.4) is 0 Å². The number of carbonyl (C=O) groups is 2. The van der Waals surface area contributed by atoms with Gasteiger partial charge in [-0.1, -0.05) is 30.0 Å². The van der Waals surface area contributed by atoms with E-state index in [4.69, 9.17) is 5.11 Å². The maximum absolute atomic E-state index is 12.3. The zero-order valence-electron chi connectivity index (χ0n) is 14.0. The number of hydrogen-bond acceptors (Lipinski definition) is 7. The fraction of sp³-hybridized carbons (Fsp3) is 0.111. The van der Waals surface area contributed by atoms with Gasteiger partial charge in [-0.2, -0.15) is 0 Å². The first-order chi connectivity index (χ1) is 13.0. The molecule has 138 valence electrons. The molecule has 1 aliphatic rings. The number of imide groups is 1. The molecule has 0 saturated carbocycles. The van der Waals surface area contributed by atoms with E-state index < -0.39 is 16.7 Å². The van der Waals surface area contributed by atoms with Gasteiger partial charge in [-0.05, 0) is 24.3 Å². The van der Waals surface area contributed by atoms with Crippen LogP contribution < -0.4 is 5.32 Å². The number of amides is 2. The number of β-amino-alcohol motifs (C(OH)–C–C–N with tert-alkyl or cyclic N) is 1. The second-order valence-electron chi connectivity index (χ2n) is 5.55. The van der Waals surface area contributed by atoms with Crippen molar-refractivity contribution >= 4 is 35.0 Å². The molecule has 2 amide bonds. The van der Waals surface area contributed by atoms with Gasteiger partial charge in [-0.15, -0.1) is 0 Å². The predicted molar refractivity (Wildman–Crippen MR) is 99.2 cm³/mol. The highest BCUT2D eigenvalue weighted by molar-refractivity contribution is 7.99. The van der Waals surface area contributed by atoms with Crippen molar-refractivity contribution in [2.75, 3.05) is 18.5 Å². The van der Waals surface area contributed by atoms with E-state index in [2.05, 4.69) is 5.32 Å². The molecule has 8 nitrogen and oxygen atoms in total. The smallest absolute Gasteiger partial charge is 0.292 e. The molecule has 2 aromatic rings. The lowest BCUT2D eigenvalue weighted by molar-refractivity contribution is -0.384. The molecule has 1 heterocycles. The average Bonchev–Trinajstić information content (AvgIpc) is 2.90.